The Morgan fingerprint density at radius 1 is 1.17 bits per heavy atom. The lowest BCUT2D eigenvalue weighted by Gasteiger charge is -2.15. The summed E-state index contributed by atoms with van der Waals surface area (Å²) in [5.41, 5.74) is 2.97. The summed E-state index contributed by atoms with van der Waals surface area (Å²) in [4.78, 5) is 4.33. The largest absolute Gasteiger partial charge is 0.390 e. The molecule has 4 rings (SSSR count). The van der Waals surface area contributed by atoms with Crippen LogP contribution in [0.3, 0.4) is 0 Å². The van der Waals surface area contributed by atoms with E-state index in [9.17, 15) is 5.11 Å². The molecule has 1 aromatic heterocycles. The van der Waals surface area contributed by atoms with Crippen LogP contribution in [-0.2, 0) is 6.42 Å². The molecule has 1 aliphatic carbocycles. The van der Waals surface area contributed by atoms with Crippen LogP contribution in [0, 0.1) is 0 Å². The van der Waals surface area contributed by atoms with Crippen molar-refractivity contribution in [2.45, 2.75) is 18.6 Å². The fraction of sp³-hybridized carbons (Fsp3) is 0.176. The van der Waals surface area contributed by atoms with Gasteiger partial charge in [-0.25, -0.2) is 0 Å². The van der Waals surface area contributed by atoms with Crippen molar-refractivity contribution in [3.63, 3.8) is 0 Å². The first-order valence-corrected chi connectivity index (χ1v) is 7.70. The molecule has 5 nitrogen and oxygen atoms in total. The van der Waals surface area contributed by atoms with Crippen molar-refractivity contribution in [1.29, 1.82) is 0 Å². The summed E-state index contributed by atoms with van der Waals surface area (Å²) in [6.45, 7) is 0. The van der Waals surface area contributed by atoms with Crippen molar-refractivity contribution in [3.05, 3.63) is 64.7 Å². The van der Waals surface area contributed by atoms with Crippen molar-refractivity contribution in [3.8, 4) is 11.4 Å². The quantitative estimate of drug-likeness (QED) is 0.771. The van der Waals surface area contributed by atoms with Crippen molar-refractivity contribution < 1.29 is 9.63 Å². The van der Waals surface area contributed by atoms with Crippen LogP contribution in [-0.4, -0.2) is 21.4 Å². The Balaban J connectivity index is 1.59. The number of benzene rings is 2. The lowest BCUT2D eigenvalue weighted by atomic mass is 10.1. The van der Waals surface area contributed by atoms with Crippen LogP contribution in [0.2, 0.25) is 5.02 Å². The van der Waals surface area contributed by atoms with Gasteiger partial charge >= 0.3 is 6.01 Å². The van der Waals surface area contributed by atoms with E-state index < -0.39 is 6.10 Å². The van der Waals surface area contributed by atoms with E-state index >= 15 is 0 Å². The minimum absolute atomic E-state index is 0.251. The molecule has 0 spiro atoms. The van der Waals surface area contributed by atoms with Crippen LogP contribution in [0.4, 0.5) is 6.01 Å². The van der Waals surface area contributed by atoms with Crippen molar-refractivity contribution in [2.24, 2.45) is 0 Å². The van der Waals surface area contributed by atoms with E-state index in [0.717, 1.165) is 16.7 Å². The summed E-state index contributed by atoms with van der Waals surface area (Å²) in [5, 5.41) is 18.0. The number of fused-ring (bicyclic) bond motifs is 1. The minimum Gasteiger partial charge on any atom is -0.390 e. The maximum absolute atomic E-state index is 10.3. The predicted octanol–water partition coefficient (Wildman–Crippen LogP) is 3.46. The van der Waals surface area contributed by atoms with Gasteiger partial charge in [-0.1, -0.05) is 53.2 Å². The molecule has 2 atom stereocenters. The highest BCUT2D eigenvalue weighted by Crippen LogP contribution is 2.34. The van der Waals surface area contributed by atoms with Crippen LogP contribution < -0.4 is 5.32 Å². The highest BCUT2D eigenvalue weighted by molar-refractivity contribution is 6.30. The second kappa shape index (κ2) is 5.68. The average molecular weight is 328 g/mol. The number of nitrogens with one attached hydrogen (secondary N) is 1. The number of rotatable bonds is 3. The molecule has 23 heavy (non-hydrogen) atoms. The maximum Gasteiger partial charge on any atom is 0.322 e. The molecule has 3 aromatic rings. The summed E-state index contributed by atoms with van der Waals surface area (Å²) in [5.74, 6) is 0.454. The number of hydrogen-bond acceptors (Lipinski definition) is 5. The molecule has 6 heteroatoms. The van der Waals surface area contributed by atoms with Gasteiger partial charge in [0.05, 0.1) is 12.1 Å². The number of halogens is 1. The van der Waals surface area contributed by atoms with Crippen LogP contribution in [0.15, 0.2) is 53.1 Å². The molecule has 2 aromatic carbocycles. The second-order valence-electron chi connectivity index (χ2n) is 5.53. The highest BCUT2D eigenvalue weighted by atomic mass is 35.5. The molecule has 0 radical (unpaired) electrons. The van der Waals surface area contributed by atoms with E-state index in [2.05, 4.69) is 15.5 Å². The Kier molecular flexibility index (Phi) is 3.52. The van der Waals surface area contributed by atoms with Crippen LogP contribution in [0.5, 0.6) is 0 Å². The molecule has 0 bridgehead atoms. The van der Waals surface area contributed by atoms with Gasteiger partial charge in [0, 0.05) is 17.0 Å². The molecule has 0 aliphatic heterocycles. The van der Waals surface area contributed by atoms with Crippen LogP contribution in [0.1, 0.15) is 17.2 Å². The summed E-state index contributed by atoms with van der Waals surface area (Å²) >= 11 is 5.98. The molecule has 0 saturated heterocycles. The lowest BCUT2D eigenvalue weighted by molar-refractivity contribution is 0.164. The number of aliphatic hydroxyl groups is 1. The van der Waals surface area contributed by atoms with E-state index in [-0.39, 0.29) is 12.1 Å². The van der Waals surface area contributed by atoms with Gasteiger partial charge < -0.3 is 14.9 Å². The molecule has 0 unspecified atom stereocenters. The number of hydrogen-bond donors (Lipinski definition) is 2. The number of aromatic nitrogens is 2. The summed E-state index contributed by atoms with van der Waals surface area (Å²) in [6.07, 6.45) is 0.0947. The summed E-state index contributed by atoms with van der Waals surface area (Å²) in [7, 11) is 0. The molecule has 1 heterocycles. The van der Waals surface area contributed by atoms with Gasteiger partial charge in [0.2, 0.25) is 5.82 Å². The molecular weight excluding hydrogens is 314 g/mol. The Morgan fingerprint density at radius 2 is 2.04 bits per heavy atom. The SMILES string of the molecule is O[C@@H]1Cc2ccccc2[C@@H]1Nc1nc(-c2cccc(Cl)c2)no1. The molecule has 2 N–H and O–H groups in total. The first-order chi connectivity index (χ1) is 11.2. The third-order valence-corrected chi connectivity index (χ3v) is 4.23. The standard InChI is InChI=1S/C17H14ClN3O2/c18-12-6-3-5-11(8-12)16-20-17(23-21-16)19-15-13-7-2-1-4-10(13)9-14(15)22/h1-8,14-15,22H,9H2,(H,19,20,21)/t14-,15+/m1/s1. The monoisotopic (exact) mass is 327 g/mol. The van der Waals surface area contributed by atoms with E-state index in [4.69, 9.17) is 16.1 Å². The molecular formula is C17H14ClN3O2. The van der Waals surface area contributed by atoms with Crippen molar-refractivity contribution >= 4 is 17.6 Å². The Labute approximate surface area is 137 Å². The van der Waals surface area contributed by atoms with Crippen molar-refractivity contribution in [1.82, 2.24) is 10.1 Å². The van der Waals surface area contributed by atoms with Crippen LogP contribution >= 0.6 is 11.6 Å². The zero-order valence-corrected chi connectivity index (χ0v) is 12.9. The third kappa shape index (κ3) is 2.69. The molecule has 0 saturated carbocycles. The van der Waals surface area contributed by atoms with E-state index in [1.54, 1.807) is 12.1 Å². The minimum atomic E-state index is -0.520. The van der Waals surface area contributed by atoms with Gasteiger partial charge in [0.25, 0.3) is 0 Å². The molecule has 0 amide bonds. The topological polar surface area (TPSA) is 71.2 Å². The van der Waals surface area contributed by atoms with Gasteiger partial charge in [-0.2, -0.15) is 4.98 Å². The van der Waals surface area contributed by atoms with Crippen molar-refractivity contribution in [2.75, 3.05) is 5.32 Å². The first-order valence-electron chi connectivity index (χ1n) is 7.33. The lowest BCUT2D eigenvalue weighted by Crippen LogP contribution is -2.21. The smallest absolute Gasteiger partial charge is 0.322 e. The van der Waals surface area contributed by atoms with Gasteiger partial charge in [0.15, 0.2) is 0 Å². The van der Waals surface area contributed by atoms with Gasteiger partial charge in [-0.3, -0.25) is 0 Å². The van der Waals surface area contributed by atoms with Gasteiger partial charge in [-0.05, 0) is 23.3 Å². The third-order valence-electron chi connectivity index (χ3n) is 3.99. The number of anilines is 1. The molecule has 0 fully saturated rings. The van der Waals surface area contributed by atoms with Gasteiger partial charge in [0.1, 0.15) is 0 Å². The van der Waals surface area contributed by atoms with Crippen LogP contribution in [0.25, 0.3) is 11.4 Å². The fourth-order valence-corrected chi connectivity index (χ4v) is 3.10. The zero-order chi connectivity index (χ0) is 15.8. The molecule has 116 valence electrons. The van der Waals surface area contributed by atoms with E-state index in [1.807, 2.05) is 36.4 Å². The summed E-state index contributed by atoms with van der Waals surface area (Å²) in [6, 6.07) is 15.2. The van der Waals surface area contributed by atoms with E-state index in [1.165, 1.54) is 0 Å². The second-order valence-corrected chi connectivity index (χ2v) is 5.96. The Bertz CT molecular complexity index is 849. The number of nitrogens with zero attached hydrogens (tertiary/aromatic N) is 2. The van der Waals surface area contributed by atoms with E-state index in [0.29, 0.717) is 17.3 Å². The Hall–Kier alpha value is -2.37. The predicted molar refractivity (Wildman–Crippen MR) is 87.3 cm³/mol. The first kappa shape index (κ1) is 14.2. The number of aliphatic hydroxyl groups excluding tert-OH is 1. The zero-order valence-electron chi connectivity index (χ0n) is 12.1. The van der Waals surface area contributed by atoms with Gasteiger partial charge in [-0.15, -0.1) is 0 Å². The Morgan fingerprint density at radius 3 is 2.91 bits per heavy atom. The average Bonchev–Trinajstić information content (AvgIpc) is 3.13. The normalized spacial score (nSPS) is 19.6. The maximum atomic E-state index is 10.3. The molecule has 1 aliphatic rings. The fourth-order valence-electron chi connectivity index (χ4n) is 2.91. The summed E-state index contributed by atoms with van der Waals surface area (Å²) < 4.78 is 5.26. The highest BCUT2D eigenvalue weighted by Gasteiger charge is 2.31.